The molecule has 1 aliphatic rings. The zero-order chi connectivity index (χ0) is 14.7. The summed E-state index contributed by atoms with van der Waals surface area (Å²) in [6.07, 6.45) is 6.02. The SMILES string of the molecule is CCCc1cccc(C(N)C2(c3ccccc3)CCC2)c1. The summed E-state index contributed by atoms with van der Waals surface area (Å²) in [6.45, 7) is 2.23. The van der Waals surface area contributed by atoms with Gasteiger partial charge in [-0.2, -0.15) is 0 Å². The number of rotatable bonds is 5. The molecular weight excluding hydrogens is 254 g/mol. The molecule has 21 heavy (non-hydrogen) atoms. The van der Waals surface area contributed by atoms with Crippen molar-refractivity contribution in [2.24, 2.45) is 5.73 Å². The molecule has 0 aliphatic heterocycles. The fourth-order valence-corrected chi connectivity index (χ4v) is 3.66. The summed E-state index contributed by atoms with van der Waals surface area (Å²) < 4.78 is 0. The number of hydrogen-bond donors (Lipinski definition) is 1. The van der Waals surface area contributed by atoms with Gasteiger partial charge in [0.1, 0.15) is 0 Å². The molecule has 0 spiro atoms. The van der Waals surface area contributed by atoms with Crippen LogP contribution in [0.4, 0.5) is 0 Å². The van der Waals surface area contributed by atoms with Crippen LogP contribution < -0.4 is 5.73 Å². The number of aryl methyl sites for hydroxylation is 1. The maximum absolute atomic E-state index is 6.73. The third kappa shape index (κ3) is 2.63. The van der Waals surface area contributed by atoms with Gasteiger partial charge in [-0.05, 0) is 36.0 Å². The summed E-state index contributed by atoms with van der Waals surface area (Å²) in [6, 6.07) is 19.8. The molecule has 1 aliphatic carbocycles. The van der Waals surface area contributed by atoms with Crippen molar-refractivity contribution < 1.29 is 0 Å². The van der Waals surface area contributed by atoms with Crippen molar-refractivity contribution in [2.45, 2.75) is 50.5 Å². The minimum atomic E-state index is 0.102. The van der Waals surface area contributed by atoms with Crippen molar-refractivity contribution in [3.8, 4) is 0 Å². The first-order chi connectivity index (χ1) is 10.3. The van der Waals surface area contributed by atoms with E-state index < -0.39 is 0 Å². The van der Waals surface area contributed by atoms with Crippen LogP contribution in [0.25, 0.3) is 0 Å². The Morgan fingerprint density at radius 3 is 2.43 bits per heavy atom. The van der Waals surface area contributed by atoms with E-state index in [1.54, 1.807) is 0 Å². The Morgan fingerprint density at radius 1 is 1.05 bits per heavy atom. The van der Waals surface area contributed by atoms with Gasteiger partial charge in [-0.1, -0.05) is 74.4 Å². The van der Waals surface area contributed by atoms with E-state index in [1.807, 2.05) is 0 Å². The summed E-state index contributed by atoms with van der Waals surface area (Å²) in [5.41, 5.74) is 11.0. The lowest BCUT2D eigenvalue weighted by molar-refractivity contribution is 0.196. The average Bonchev–Trinajstić information content (AvgIpc) is 2.48. The minimum absolute atomic E-state index is 0.102. The van der Waals surface area contributed by atoms with Crippen LogP contribution in [0.15, 0.2) is 54.6 Å². The summed E-state index contributed by atoms with van der Waals surface area (Å²) in [7, 11) is 0. The highest BCUT2D eigenvalue weighted by molar-refractivity contribution is 5.36. The smallest absolute Gasteiger partial charge is 0.0393 e. The zero-order valence-electron chi connectivity index (χ0n) is 12.9. The topological polar surface area (TPSA) is 26.0 Å². The van der Waals surface area contributed by atoms with Crippen LogP contribution >= 0.6 is 0 Å². The Labute approximate surface area is 128 Å². The Kier molecular flexibility index (Phi) is 4.12. The van der Waals surface area contributed by atoms with Crippen molar-refractivity contribution in [1.82, 2.24) is 0 Å². The Bertz CT molecular complexity index is 584. The summed E-state index contributed by atoms with van der Waals surface area (Å²) in [5, 5.41) is 0. The Hall–Kier alpha value is -1.60. The first-order valence-corrected chi connectivity index (χ1v) is 8.16. The second-order valence-electron chi connectivity index (χ2n) is 6.35. The van der Waals surface area contributed by atoms with Crippen LogP contribution in [-0.2, 0) is 11.8 Å². The molecule has 1 atom stereocenters. The molecular formula is C20H25N. The highest BCUT2D eigenvalue weighted by Gasteiger charge is 2.44. The van der Waals surface area contributed by atoms with Gasteiger partial charge in [0.05, 0.1) is 0 Å². The van der Waals surface area contributed by atoms with Crippen LogP contribution in [0.1, 0.15) is 55.3 Å². The monoisotopic (exact) mass is 279 g/mol. The zero-order valence-corrected chi connectivity index (χ0v) is 12.9. The molecule has 1 fully saturated rings. The molecule has 0 amide bonds. The van der Waals surface area contributed by atoms with Gasteiger partial charge in [-0.3, -0.25) is 0 Å². The quantitative estimate of drug-likeness (QED) is 0.839. The average molecular weight is 279 g/mol. The van der Waals surface area contributed by atoms with Gasteiger partial charge in [0.2, 0.25) is 0 Å². The first kappa shape index (κ1) is 14.3. The summed E-state index contributed by atoms with van der Waals surface area (Å²) >= 11 is 0. The molecule has 0 saturated heterocycles. The molecule has 0 radical (unpaired) electrons. The molecule has 2 N–H and O–H groups in total. The maximum atomic E-state index is 6.73. The summed E-state index contributed by atoms with van der Waals surface area (Å²) in [4.78, 5) is 0. The Balaban J connectivity index is 1.92. The molecule has 1 saturated carbocycles. The van der Waals surface area contributed by atoms with Crippen molar-refractivity contribution >= 4 is 0 Å². The van der Waals surface area contributed by atoms with Gasteiger partial charge in [-0.15, -0.1) is 0 Å². The molecule has 1 unspecified atom stereocenters. The minimum Gasteiger partial charge on any atom is -0.323 e. The highest BCUT2D eigenvalue weighted by Crippen LogP contribution is 2.51. The van der Waals surface area contributed by atoms with E-state index in [1.165, 1.54) is 42.4 Å². The number of nitrogens with two attached hydrogens (primary N) is 1. The largest absolute Gasteiger partial charge is 0.323 e. The van der Waals surface area contributed by atoms with Gasteiger partial charge in [0, 0.05) is 11.5 Å². The molecule has 1 heteroatoms. The third-order valence-electron chi connectivity index (χ3n) is 5.04. The van der Waals surface area contributed by atoms with Crippen molar-refractivity contribution in [2.75, 3.05) is 0 Å². The predicted molar refractivity (Wildman–Crippen MR) is 89.3 cm³/mol. The lowest BCUT2D eigenvalue weighted by atomic mass is 9.59. The van der Waals surface area contributed by atoms with Crippen molar-refractivity contribution in [3.63, 3.8) is 0 Å². The van der Waals surface area contributed by atoms with Gasteiger partial charge in [-0.25, -0.2) is 0 Å². The lowest BCUT2D eigenvalue weighted by Gasteiger charge is -2.47. The maximum Gasteiger partial charge on any atom is 0.0393 e. The lowest BCUT2D eigenvalue weighted by Crippen LogP contribution is -2.44. The van der Waals surface area contributed by atoms with Crippen molar-refractivity contribution in [1.29, 1.82) is 0 Å². The molecule has 110 valence electrons. The normalized spacial score (nSPS) is 18.0. The molecule has 3 rings (SSSR count). The van der Waals surface area contributed by atoms with Crippen LogP contribution in [0.2, 0.25) is 0 Å². The van der Waals surface area contributed by atoms with Gasteiger partial charge >= 0.3 is 0 Å². The summed E-state index contributed by atoms with van der Waals surface area (Å²) in [5.74, 6) is 0. The number of benzene rings is 2. The van der Waals surface area contributed by atoms with E-state index in [9.17, 15) is 0 Å². The van der Waals surface area contributed by atoms with Gasteiger partial charge in [0.25, 0.3) is 0 Å². The van der Waals surface area contributed by atoms with Crippen LogP contribution in [0.5, 0.6) is 0 Å². The fourth-order valence-electron chi connectivity index (χ4n) is 3.66. The van der Waals surface area contributed by atoms with Gasteiger partial charge < -0.3 is 5.73 Å². The number of hydrogen-bond acceptors (Lipinski definition) is 1. The van der Waals surface area contributed by atoms with Crippen LogP contribution in [-0.4, -0.2) is 0 Å². The van der Waals surface area contributed by atoms with E-state index in [0.717, 1.165) is 6.42 Å². The van der Waals surface area contributed by atoms with E-state index in [2.05, 4.69) is 61.5 Å². The van der Waals surface area contributed by atoms with E-state index in [4.69, 9.17) is 5.73 Å². The highest BCUT2D eigenvalue weighted by atomic mass is 14.7. The van der Waals surface area contributed by atoms with Crippen LogP contribution in [0.3, 0.4) is 0 Å². The second kappa shape index (κ2) is 6.03. The molecule has 0 bridgehead atoms. The third-order valence-corrected chi connectivity index (χ3v) is 5.04. The van der Waals surface area contributed by atoms with E-state index >= 15 is 0 Å². The van der Waals surface area contributed by atoms with Crippen molar-refractivity contribution in [3.05, 3.63) is 71.3 Å². The van der Waals surface area contributed by atoms with E-state index in [-0.39, 0.29) is 11.5 Å². The molecule has 0 heterocycles. The Morgan fingerprint density at radius 2 is 1.81 bits per heavy atom. The first-order valence-electron chi connectivity index (χ1n) is 8.16. The predicted octanol–water partition coefficient (Wildman–Crippen LogP) is 4.76. The van der Waals surface area contributed by atoms with Gasteiger partial charge in [0.15, 0.2) is 0 Å². The fraction of sp³-hybridized carbons (Fsp3) is 0.400. The second-order valence-corrected chi connectivity index (χ2v) is 6.35. The molecule has 2 aromatic carbocycles. The molecule has 1 nitrogen and oxygen atoms in total. The standard InChI is InChI=1S/C20H25N/c1-2-8-16-9-6-10-17(15-16)19(21)20(13-7-14-20)18-11-4-3-5-12-18/h3-6,9-12,15,19H,2,7-8,13-14,21H2,1H3. The molecule has 2 aromatic rings. The molecule has 0 aromatic heterocycles. The van der Waals surface area contributed by atoms with Crippen LogP contribution in [0, 0.1) is 0 Å². The van der Waals surface area contributed by atoms with E-state index in [0.29, 0.717) is 0 Å².